The minimum atomic E-state index is 0. The van der Waals surface area contributed by atoms with Gasteiger partial charge in [0.1, 0.15) is 0 Å². The van der Waals surface area contributed by atoms with E-state index in [0.29, 0.717) is 6.04 Å². The fraction of sp³-hybridized carbons (Fsp3) is 0.533. The van der Waals surface area contributed by atoms with Gasteiger partial charge in [-0.25, -0.2) is 0 Å². The van der Waals surface area contributed by atoms with Crippen molar-refractivity contribution in [2.45, 2.75) is 39.2 Å². The molecule has 0 spiro atoms. The Hall–Kier alpha value is -0.490. The lowest BCUT2D eigenvalue weighted by atomic mass is 10.1. The van der Waals surface area contributed by atoms with E-state index >= 15 is 0 Å². The summed E-state index contributed by atoms with van der Waals surface area (Å²) >= 11 is 6.12. The van der Waals surface area contributed by atoms with Crippen molar-refractivity contribution in [2.24, 2.45) is 4.99 Å². The van der Waals surface area contributed by atoms with Gasteiger partial charge in [-0.15, -0.1) is 24.0 Å². The number of aliphatic imine (C=N–C) groups is 1. The number of nitrogens with zero attached hydrogens (tertiary/aromatic N) is 1. The molecule has 0 aliphatic heterocycles. The number of hydrogen-bond donors (Lipinski definition) is 2. The highest BCUT2D eigenvalue weighted by Crippen LogP contribution is 2.16. The Labute approximate surface area is 144 Å². The molecule has 0 bridgehead atoms. The summed E-state index contributed by atoms with van der Waals surface area (Å²) in [6, 6.07) is 8.44. The van der Waals surface area contributed by atoms with E-state index in [4.69, 9.17) is 11.6 Å². The molecule has 0 aromatic heterocycles. The van der Waals surface area contributed by atoms with Crippen LogP contribution in [0.2, 0.25) is 5.02 Å². The summed E-state index contributed by atoms with van der Waals surface area (Å²) in [7, 11) is 1.80. The summed E-state index contributed by atoms with van der Waals surface area (Å²) in [4.78, 5) is 4.21. The molecular formula is C15H25ClIN3. The van der Waals surface area contributed by atoms with Gasteiger partial charge in [0.05, 0.1) is 0 Å². The molecule has 20 heavy (non-hydrogen) atoms. The summed E-state index contributed by atoms with van der Waals surface area (Å²) in [5.41, 5.74) is 1.20. The predicted octanol–water partition coefficient (Wildman–Crippen LogP) is 3.85. The maximum atomic E-state index is 6.12. The highest BCUT2D eigenvalue weighted by molar-refractivity contribution is 14.0. The molecule has 0 aliphatic carbocycles. The first kappa shape index (κ1) is 19.5. The molecule has 1 unspecified atom stereocenters. The Bertz CT molecular complexity index is 410. The van der Waals surface area contributed by atoms with Crippen LogP contribution in [0.5, 0.6) is 0 Å². The molecule has 0 amide bonds. The molecule has 5 heteroatoms. The molecule has 1 aromatic carbocycles. The van der Waals surface area contributed by atoms with Gasteiger partial charge < -0.3 is 10.6 Å². The first-order valence-corrected chi connectivity index (χ1v) is 7.25. The number of benzene rings is 1. The standard InChI is InChI=1S/C15H24ClN3.HI/c1-4-12(2)19-15(17-3)18-11-7-9-13-8-5-6-10-14(13)16;/h5-6,8,10,12H,4,7,9,11H2,1-3H3,(H2,17,18,19);1H. The number of nitrogens with one attached hydrogen (secondary N) is 2. The second kappa shape index (κ2) is 11.2. The Kier molecular flexibility index (Phi) is 10.9. The van der Waals surface area contributed by atoms with E-state index in [-0.39, 0.29) is 24.0 Å². The minimum Gasteiger partial charge on any atom is -0.356 e. The van der Waals surface area contributed by atoms with Crippen LogP contribution in [0.4, 0.5) is 0 Å². The molecule has 1 atom stereocenters. The van der Waals surface area contributed by atoms with Crippen molar-refractivity contribution in [1.82, 2.24) is 10.6 Å². The van der Waals surface area contributed by atoms with E-state index in [9.17, 15) is 0 Å². The third-order valence-corrected chi connectivity index (χ3v) is 3.46. The van der Waals surface area contributed by atoms with E-state index in [1.807, 2.05) is 18.2 Å². The smallest absolute Gasteiger partial charge is 0.191 e. The maximum Gasteiger partial charge on any atom is 0.191 e. The summed E-state index contributed by atoms with van der Waals surface area (Å²) in [6.45, 7) is 5.19. The van der Waals surface area contributed by atoms with Gasteiger partial charge in [-0.2, -0.15) is 0 Å². The van der Waals surface area contributed by atoms with Crippen LogP contribution in [0.15, 0.2) is 29.3 Å². The SMILES string of the molecule is CCC(C)NC(=NC)NCCCc1ccccc1Cl.I. The van der Waals surface area contributed by atoms with Crippen molar-refractivity contribution in [1.29, 1.82) is 0 Å². The third kappa shape index (κ3) is 7.33. The summed E-state index contributed by atoms with van der Waals surface area (Å²) < 4.78 is 0. The Morgan fingerprint density at radius 2 is 2.05 bits per heavy atom. The van der Waals surface area contributed by atoms with Gasteiger partial charge in [0.2, 0.25) is 0 Å². The largest absolute Gasteiger partial charge is 0.356 e. The molecule has 0 fully saturated rings. The average molecular weight is 410 g/mol. The van der Waals surface area contributed by atoms with Crippen LogP contribution < -0.4 is 10.6 Å². The van der Waals surface area contributed by atoms with Gasteiger partial charge in [0.15, 0.2) is 5.96 Å². The average Bonchev–Trinajstić information content (AvgIpc) is 2.43. The minimum absolute atomic E-state index is 0. The molecule has 0 saturated carbocycles. The zero-order valence-electron chi connectivity index (χ0n) is 12.4. The number of aryl methyl sites for hydroxylation is 1. The molecule has 1 rings (SSSR count). The van der Waals surface area contributed by atoms with Gasteiger partial charge in [0.25, 0.3) is 0 Å². The lowest BCUT2D eigenvalue weighted by molar-refractivity contribution is 0.620. The van der Waals surface area contributed by atoms with E-state index < -0.39 is 0 Å². The van der Waals surface area contributed by atoms with E-state index in [2.05, 4.69) is 35.5 Å². The molecule has 3 nitrogen and oxygen atoms in total. The van der Waals surface area contributed by atoms with Crippen LogP contribution in [0.1, 0.15) is 32.3 Å². The first-order valence-electron chi connectivity index (χ1n) is 6.88. The number of guanidine groups is 1. The zero-order chi connectivity index (χ0) is 14.1. The second-order valence-corrected chi connectivity index (χ2v) is 5.05. The van der Waals surface area contributed by atoms with Crippen molar-refractivity contribution in [3.05, 3.63) is 34.9 Å². The third-order valence-electron chi connectivity index (χ3n) is 3.09. The molecule has 1 aromatic rings. The molecule has 0 saturated heterocycles. The van der Waals surface area contributed by atoms with Crippen molar-refractivity contribution in [3.63, 3.8) is 0 Å². The molecule has 0 aliphatic rings. The monoisotopic (exact) mass is 409 g/mol. The molecule has 114 valence electrons. The summed E-state index contributed by atoms with van der Waals surface area (Å²) in [5, 5.41) is 7.51. The molecular weight excluding hydrogens is 385 g/mol. The van der Waals surface area contributed by atoms with Crippen molar-refractivity contribution in [2.75, 3.05) is 13.6 Å². The first-order chi connectivity index (χ1) is 9.17. The van der Waals surface area contributed by atoms with Crippen LogP contribution in [0.25, 0.3) is 0 Å². The van der Waals surface area contributed by atoms with Crippen LogP contribution in [0, 0.1) is 0 Å². The van der Waals surface area contributed by atoms with Gasteiger partial charge >= 0.3 is 0 Å². The topological polar surface area (TPSA) is 36.4 Å². The van der Waals surface area contributed by atoms with E-state index in [0.717, 1.165) is 36.8 Å². The summed E-state index contributed by atoms with van der Waals surface area (Å²) in [6.07, 6.45) is 3.10. The number of hydrogen-bond acceptors (Lipinski definition) is 1. The number of rotatable bonds is 6. The van der Waals surface area contributed by atoms with Gasteiger partial charge in [-0.3, -0.25) is 4.99 Å². The maximum absolute atomic E-state index is 6.12. The van der Waals surface area contributed by atoms with E-state index in [1.165, 1.54) is 5.56 Å². The van der Waals surface area contributed by atoms with Crippen molar-refractivity contribution in [3.8, 4) is 0 Å². The lowest BCUT2D eigenvalue weighted by Crippen LogP contribution is -2.42. The lowest BCUT2D eigenvalue weighted by Gasteiger charge is -2.16. The normalized spacial score (nSPS) is 12.5. The van der Waals surface area contributed by atoms with Crippen molar-refractivity contribution >= 4 is 41.5 Å². The second-order valence-electron chi connectivity index (χ2n) is 4.65. The van der Waals surface area contributed by atoms with Crippen LogP contribution >= 0.6 is 35.6 Å². The predicted molar refractivity (Wildman–Crippen MR) is 99.4 cm³/mol. The molecule has 0 radical (unpaired) electrons. The van der Waals surface area contributed by atoms with Gasteiger partial charge in [-0.1, -0.05) is 36.7 Å². The van der Waals surface area contributed by atoms with Crippen LogP contribution in [-0.2, 0) is 6.42 Å². The highest BCUT2D eigenvalue weighted by Gasteiger charge is 2.02. The van der Waals surface area contributed by atoms with Gasteiger partial charge in [0, 0.05) is 24.7 Å². The Morgan fingerprint density at radius 3 is 2.65 bits per heavy atom. The van der Waals surface area contributed by atoms with Crippen LogP contribution in [-0.4, -0.2) is 25.6 Å². The fourth-order valence-corrected chi connectivity index (χ4v) is 1.95. The quantitative estimate of drug-likeness (QED) is 0.324. The van der Waals surface area contributed by atoms with Crippen LogP contribution in [0.3, 0.4) is 0 Å². The molecule has 0 heterocycles. The Balaban J connectivity index is 0.00000361. The van der Waals surface area contributed by atoms with Gasteiger partial charge in [-0.05, 0) is 37.8 Å². The highest BCUT2D eigenvalue weighted by atomic mass is 127. The summed E-state index contributed by atoms with van der Waals surface area (Å²) in [5.74, 6) is 0.869. The van der Waals surface area contributed by atoms with E-state index in [1.54, 1.807) is 7.05 Å². The molecule has 2 N–H and O–H groups in total. The Morgan fingerprint density at radius 1 is 1.35 bits per heavy atom. The zero-order valence-corrected chi connectivity index (χ0v) is 15.5. The fourth-order valence-electron chi connectivity index (χ4n) is 1.72. The number of halogens is 2. The van der Waals surface area contributed by atoms with Crippen molar-refractivity contribution < 1.29 is 0 Å².